The molecule has 2 aromatic carbocycles. The van der Waals surface area contributed by atoms with Crippen molar-refractivity contribution >= 4 is 21.4 Å². The van der Waals surface area contributed by atoms with E-state index in [0.29, 0.717) is 23.6 Å². The first kappa shape index (κ1) is 19.0. The van der Waals surface area contributed by atoms with E-state index in [1.54, 1.807) is 43.5 Å². The van der Waals surface area contributed by atoms with Gasteiger partial charge < -0.3 is 14.8 Å². The Morgan fingerprint density at radius 1 is 1.12 bits per heavy atom. The Labute approximate surface area is 147 Å². The molecule has 0 unspecified atom stereocenters. The van der Waals surface area contributed by atoms with Crippen LogP contribution < -0.4 is 10.1 Å². The lowest BCUT2D eigenvalue weighted by molar-refractivity contribution is 0.102. The molecule has 7 heteroatoms. The van der Waals surface area contributed by atoms with Gasteiger partial charge in [0.15, 0.2) is 9.84 Å². The number of hydrogen-bond acceptors (Lipinski definition) is 5. The molecule has 0 saturated heterocycles. The van der Waals surface area contributed by atoms with Gasteiger partial charge in [-0.3, -0.25) is 4.79 Å². The Morgan fingerprint density at radius 2 is 1.84 bits per heavy atom. The number of nitrogens with one attached hydrogen (secondary N) is 1. The standard InChI is InChI=1S/C18H21NO5S/c1-23-13-14-6-8-15(9-7-14)18(20)19-16-4-3-5-17(12-16)24-10-11-25(2,21)22/h3-9,12H,10-11,13H2,1-2H3,(H,19,20). The van der Waals surface area contributed by atoms with Crippen LogP contribution in [0.4, 0.5) is 5.69 Å². The number of anilines is 1. The summed E-state index contributed by atoms with van der Waals surface area (Å²) in [5.41, 5.74) is 2.09. The molecule has 0 radical (unpaired) electrons. The summed E-state index contributed by atoms with van der Waals surface area (Å²) in [7, 11) is -1.45. The molecular formula is C18H21NO5S. The lowest BCUT2D eigenvalue weighted by Crippen LogP contribution is -2.13. The highest BCUT2D eigenvalue weighted by atomic mass is 32.2. The summed E-state index contributed by atoms with van der Waals surface area (Å²) in [5.74, 6) is 0.200. The van der Waals surface area contributed by atoms with Gasteiger partial charge >= 0.3 is 0 Å². The SMILES string of the molecule is COCc1ccc(C(=O)Nc2cccc(OCCS(C)(=O)=O)c2)cc1. The second-order valence-electron chi connectivity index (χ2n) is 5.59. The van der Waals surface area contributed by atoms with E-state index in [1.165, 1.54) is 0 Å². The smallest absolute Gasteiger partial charge is 0.255 e. The molecule has 0 aromatic heterocycles. The minimum atomic E-state index is -3.07. The molecule has 0 aliphatic rings. The molecule has 0 atom stereocenters. The largest absolute Gasteiger partial charge is 0.492 e. The molecular weight excluding hydrogens is 342 g/mol. The summed E-state index contributed by atoms with van der Waals surface area (Å²) in [6, 6.07) is 14.0. The molecule has 0 spiro atoms. The van der Waals surface area contributed by atoms with Crippen LogP contribution in [0, 0.1) is 0 Å². The quantitative estimate of drug-likeness (QED) is 0.779. The van der Waals surface area contributed by atoms with Crippen LogP contribution in [0.5, 0.6) is 5.75 Å². The van der Waals surface area contributed by atoms with Crippen LogP contribution in [0.2, 0.25) is 0 Å². The lowest BCUT2D eigenvalue weighted by atomic mass is 10.1. The van der Waals surface area contributed by atoms with Crippen molar-refractivity contribution in [2.75, 3.05) is 31.0 Å². The zero-order valence-electron chi connectivity index (χ0n) is 14.2. The summed E-state index contributed by atoms with van der Waals surface area (Å²) < 4.78 is 32.7. The Kier molecular flexibility index (Phi) is 6.55. The van der Waals surface area contributed by atoms with E-state index in [-0.39, 0.29) is 18.3 Å². The fraction of sp³-hybridized carbons (Fsp3) is 0.278. The van der Waals surface area contributed by atoms with Gasteiger partial charge in [-0.25, -0.2) is 8.42 Å². The number of carbonyl (C=O) groups is 1. The molecule has 0 heterocycles. The van der Waals surface area contributed by atoms with Crippen LogP contribution in [0.15, 0.2) is 48.5 Å². The van der Waals surface area contributed by atoms with Gasteiger partial charge in [0.1, 0.15) is 12.4 Å². The third-order valence-corrected chi connectivity index (χ3v) is 4.25. The summed E-state index contributed by atoms with van der Waals surface area (Å²) in [5, 5.41) is 2.79. The van der Waals surface area contributed by atoms with Crippen LogP contribution in [0.3, 0.4) is 0 Å². The van der Waals surface area contributed by atoms with Crippen molar-refractivity contribution < 1.29 is 22.7 Å². The lowest BCUT2D eigenvalue weighted by Gasteiger charge is -2.09. The number of sulfone groups is 1. The number of rotatable bonds is 8. The second-order valence-corrected chi connectivity index (χ2v) is 7.85. The third kappa shape index (κ3) is 6.56. The number of amides is 1. The van der Waals surface area contributed by atoms with Crippen molar-refractivity contribution in [3.8, 4) is 5.75 Å². The Bertz CT molecular complexity index is 816. The van der Waals surface area contributed by atoms with E-state index in [0.717, 1.165) is 11.8 Å². The Hall–Kier alpha value is -2.38. The molecule has 6 nitrogen and oxygen atoms in total. The van der Waals surface area contributed by atoms with Crippen LogP contribution in [-0.2, 0) is 21.2 Å². The van der Waals surface area contributed by atoms with Gasteiger partial charge in [0.05, 0.1) is 12.4 Å². The molecule has 0 aliphatic heterocycles. The average molecular weight is 363 g/mol. The number of benzene rings is 2. The summed E-state index contributed by atoms with van der Waals surface area (Å²) >= 11 is 0. The summed E-state index contributed by atoms with van der Waals surface area (Å²) in [6.07, 6.45) is 1.16. The van der Waals surface area contributed by atoms with Gasteiger partial charge in [-0.05, 0) is 29.8 Å². The van der Waals surface area contributed by atoms with Crippen molar-refractivity contribution in [1.29, 1.82) is 0 Å². The zero-order chi connectivity index (χ0) is 18.3. The van der Waals surface area contributed by atoms with Crippen molar-refractivity contribution in [3.63, 3.8) is 0 Å². The van der Waals surface area contributed by atoms with E-state index in [4.69, 9.17) is 9.47 Å². The highest BCUT2D eigenvalue weighted by molar-refractivity contribution is 7.90. The van der Waals surface area contributed by atoms with Gasteiger partial charge in [0, 0.05) is 30.7 Å². The molecule has 2 rings (SSSR count). The van der Waals surface area contributed by atoms with E-state index >= 15 is 0 Å². The maximum absolute atomic E-state index is 12.3. The maximum atomic E-state index is 12.3. The first-order valence-electron chi connectivity index (χ1n) is 7.67. The predicted molar refractivity (Wildman–Crippen MR) is 96.8 cm³/mol. The highest BCUT2D eigenvalue weighted by Crippen LogP contribution is 2.18. The second kappa shape index (κ2) is 8.64. The van der Waals surface area contributed by atoms with Crippen molar-refractivity contribution in [2.45, 2.75) is 6.61 Å². The molecule has 25 heavy (non-hydrogen) atoms. The molecule has 134 valence electrons. The van der Waals surface area contributed by atoms with Gasteiger partial charge in [-0.1, -0.05) is 18.2 Å². The molecule has 0 saturated carbocycles. The fourth-order valence-corrected chi connectivity index (χ4v) is 2.48. The minimum absolute atomic E-state index is 0.0581. The minimum Gasteiger partial charge on any atom is -0.492 e. The number of ether oxygens (including phenoxy) is 2. The van der Waals surface area contributed by atoms with Gasteiger partial charge in [-0.15, -0.1) is 0 Å². The first-order chi connectivity index (χ1) is 11.9. The topological polar surface area (TPSA) is 81.7 Å². The molecule has 0 fully saturated rings. The van der Waals surface area contributed by atoms with Crippen LogP contribution in [0.1, 0.15) is 15.9 Å². The normalized spacial score (nSPS) is 11.1. The van der Waals surface area contributed by atoms with Gasteiger partial charge in [-0.2, -0.15) is 0 Å². The van der Waals surface area contributed by atoms with E-state index in [9.17, 15) is 13.2 Å². The molecule has 2 aromatic rings. The van der Waals surface area contributed by atoms with E-state index < -0.39 is 9.84 Å². The third-order valence-electron chi connectivity index (χ3n) is 3.34. The monoisotopic (exact) mass is 363 g/mol. The highest BCUT2D eigenvalue weighted by Gasteiger charge is 2.07. The first-order valence-corrected chi connectivity index (χ1v) is 9.73. The van der Waals surface area contributed by atoms with Gasteiger partial charge in [0.2, 0.25) is 0 Å². The molecule has 1 N–H and O–H groups in total. The van der Waals surface area contributed by atoms with Crippen LogP contribution in [0.25, 0.3) is 0 Å². The Balaban J connectivity index is 1.97. The van der Waals surface area contributed by atoms with E-state index in [1.807, 2.05) is 12.1 Å². The van der Waals surface area contributed by atoms with Crippen molar-refractivity contribution in [2.24, 2.45) is 0 Å². The fourth-order valence-electron chi connectivity index (χ4n) is 2.10. The summed E-state index contributed by atoms with van der Waals surface area (Å²) in [4.78, 5) is 12.3. The molecule has 0 bridgehead atoms. The van der Waals surface area contributed by atoms with Gasteiger partial charge in [0.25, 0.3) is 5.91 Å². The zero-order valence-corrected chi connectivity index (χ0v) is 15.0. The molecule has 0 aliphatic carbocycles. The Morgan fingerprint density at radius 3 is 2.48 bits per heavy atom. The van der Waals surface area contributed by atoms with Crippen LogP contribution >= 0.6 is 0 Å². The van der Waals surface area contributed by atoms with Crippen molar-refractivity contribution in [3.05, 3.63) is 59.7 Å². The molecule has 1 amide bonds. The average Bonchev–Trinajstić information content (AvgIpc) is 2.55. The number of hydrogen-bond donors (Lipinski definition) is 1. The van der Waals surface area contributed by atoms with E-state index in [2.05, 4.69) is 5.32 Å². The maximum Gasteiger partial charge on any atom is 0.255 e. The van der Waals surface area contributed by atoms with Crippen LogP contribution in [-0.4, -0.2) is 40.1 Å². The summed E-state index contributed by atoms with van der Waals surface area (Å²) in [6.45, 7) is 0.561. The van der Waals surface area contributed by atoms with Crippen molar-refractivity contribution in [1.82, 2.24) is 0 Å². The number of carbonyl (C=O) groups excluding carboxylic acids is 1. The predicted octanol–water partition coefficient (Wildman–Crippen LogP) is 2.51. The number of methoxy groups -OCH3 is 1.